The fraction of sp³-hybridized carbons (Fsp3) is 0.654. The van der Waals surface area contributed by atoms with Crippen molar-refractivity contribution in [1.82, 2.24) is 10.3 Å². The number of pyridine rings is 1. The highest BCUT2D eigenvalue weighted by molar-refractivity contribution is 5.92. The lowest BCUT2D eigenvalue weighted by atomic mass is 10.1. The van der Waals surface area contributed by atoms with Crippen molar-refractivity contribution in [1.29, 1.82) is 0 Å². The molecule has 0 spiro atoms. The Hall–Kier alpha value is -2.17. The molecule has 174 valence electrons. The summed E-state index contributed by atoms with van der Waals surface area (Å²) in [5, 5.41) is 11.5. The SMILES string of the molecule is CCCCCCCCCC/C=C/c1ccc(C(=O)NCCCCCCCC(=O)O)nc1. The Morgan fingerprint density at radius 3 is 2.19 bits per heavy atom. The van der Waals surface area contributed by atoms with E-state index in [2.05, 4.69) is 29.4 Å². The van der Waals surface area contributed by atoms with Crippen LogP contribution < -0.4 is 5.32 Å². The van der Waals surface area contributed by atoms with E-state index in [4.69, 9.17) is 5.11 Å². The molecule has 0 unspecified atom stereocenters. The number of aliphatic carboxylic acids is 1. The predicted molar refractivity (Wildman–Crippen MR) is 128 cm³/mol. The van der Waals surface area contributed by atoms with Gasteiger partial charge in [0.1, 0.15) is 5.69 Å². The minimum atomic E-state index is -0.732. The number of nitrogens with zero attached hydrogens (tertiary/aromatic N) is 1. The first-order chi connectivity index (χ1) is 15.1. The Morgan fingerprint density at radius 1 is 0.903 bits per heavy atom. The van der Waals surface area contributed by atoms with Crippen molar-refractivity contribution in [2.45, 2.75) is 103 Å². The van der Waals surface area contributed by atoms with E-state index in [-0.39, 0.29) is 12.3 Å². The van der Waals surface area contributed by atoms with E-state index in [0.717, 1.165) is 44.1 Å². The molecule has 0 aliphatic carbocycles. The summed E-state index contributed by atoms with van der Waals surface area (Å²) in [6, 6.07) is 3.71. The Bertz CT molecular complexity index is 626. The molecule has 0 saturated heterocycles. The molecule has 0 atom stereocenters. The molecule has 2 N–H and O–H groups in total. The molecule has 31 heavy (non-hydrogen) atoms. The van der Waals surface area contributed by atoms with Gasteiger partial charge in [-0.2, -0.15) is 0 Å². The lowest BCUT2D eigenvalue weighted by Crippen LogP contribution is -2.25. The van der Waals surface area contributed by atoms with Gasteiger partial charge in [0.2, 0.25) is 0 Å². The molecule has 1 amide bonds. The second-order valence-electron chi connectivity index (χ2n) is 8.31. The molecule has 5 nitrogen and oxygen atoms in total. The molecule has 0 aliphatic heterocycles. The number of amides is 1. The van der Waals surface area contributed by atoms with Gasteiger partial charge in [0.05, 0.1) is 0 Å². The van der Waals surface area contributed by atoms with Crippen LogP contribution in [-0.2, 0) is 4.79 Å². The van der Waals surface area contributed by atoms with E-state index in [1.165, 1.54) is 51.4 Å². The smallest absolute Gasteiger partial charge is 0.303 e. The Kier molecular flexibility index (Phi) is 16.1. The van der Waals surface area contributed by atoms with Crippen molar-refractivity contribution in [3.8, 4) is 0 Å². The minimum absolute atomic E-state index is 0.139. The Balaban J connectivity index is 2.09. The Morgan fingerprint density at radius 2 is 1.55 bits per heavy atom. The molecular weight excluding hydrogens is 388 g/mol. The van der Waals surface area contributed by atoms with E-state index < -0.39 is 5.97 Å². The van der Waals surface area contributed by atoms with Gasteiger partial charge in [-0.3, -0.25) is 14.6 Å². The number of carbonyl (C=O) groups is 2. The zero-order chi connectivity index (χ0) is 22.6. The second-order valence-corrected chi connectivity index (χ2v) is 8.31. The van der Waals surface area contributed by atoms with Gasteiger partial charge in [0.25, 0.3) is 5.91 Å². The molecule has 0 radical (unpaired) electrons. The van der Waals surface area contributed by atoms with Gasteiger partial charge in [-0.25, -0.2) is 0 Å². The normalized spacial score (nSPS) is 11.1. The van der Waals surface area contributed by atoms with Crippen LogP contribution in [0.3, 0.4) is 0 Å². The zero-order valence-corrected chi connectivity index (χ0v) is 19.4. The summed E-state index contributed by atoms with van der Waals surface area (Å²) in [6.45, 7) is 2.88. The minimum Gasteiger partial charge on any atom is -0.481 e. The molecule has 1 aromatic heterocycles. The number of carboxylic acid groups (broad SMARTS) is 1. The van der Waals surface area contributed by atoms with E-state index in [0.29, 0.717) is 12.2 Å². The Labute approximate surface area is 188 Å². The van der Waals surface area contributed by atoms with Crippen LogP contribution in [0.4, 0.5) is 0 Å². The number of allylic oxidation sites excluding steroid dienone is 1. The van der Waals surface area contributed by atoms with Crippen molar-refractivity contribution >= 4 is 18.0 Å². The van der Waals surface area contributed by atoms with Gasteiger partial charge in [-0.05, 0) is 37.3 Å². The molecule has 1 rings (SSSR count). The number of nitrogens with one attached hydrogen (secondary N) is 1. The van der Waals surface area contributed by atoms with Crippen molar-refractivity contribution in [3.63, 3.8) is 0 Å². The highest BCUT2D eigenvalue weighted by atomic mass is 16.4. The van der Waals surface area contributed by atoms with Gasteiger partial charge in [0, 0.05) is 19.2 Å². The molecule has 1 heterocycles. The van der Waals surface area contributed by atoms with Crippen LogP contribution in [0.5, 0.6) is 0 Å². The summed E-state index contributed by atoms with van der Waals surface area (Å²) in [5.74, 6) is -0.870. The topological polar surface area (TPSA) is 79.3 Å². The number of carboxylic acids is 1. The number of hydrogen-bond acceptors (Lipinski definition) is 3. The third-order valence-electron chi connectivity index (χ3n) is 5.41. The van der Waals surface area contributed by atoms with Gasteiger partial charge in [0.15, 0.2) is 0 Å². The molecule has 0 bridgehead atoms. The van der Waals surface area contributed by atoms with Crippen LogP contribution in [0.15, 0.2) is 24.4 Å². The molecule has 0 aromatic carbocycles. The summed E-state index contributed by atoms with van der Waals surface area (Å²) in [4.78, 5) is 26.9. The van der Waals surface area contributed by atoms with Crippen LogP contribution in [0.1, 0.15) is 119 Å². The maximum atomic E-state index is 12.2. The van der Waals surface area contributed by atoms with Crippen molar-refractivity contribution < 1.29 is 14.7 Å². The molecule has 0 saturated carbocycles. The fourth-order valence-electron chi connectivity index (χ4n) is 3.48. The maximum Gasteiger partial charge on any atom is 0.303 e. The molecule has 0 aliphatic rings. The highest BCUT2D eigenvalue weighted by Crippen LogP contribution is 2.11. The number of rotatable bonds is 19. The average molecular weight is 431 g/mol. The van der Waals surface area contributed by atoms with Crippen LogP contribution in [-0.4, -0.2) is 28.5 Å². The highest BCUT2D eigenvalue weighted by Gasteiger charge is 2.05. The zero-order valence-electron chi connectivity index (χ0n) is 19.4. The first kappa shape index (κ1) is 26.9. The summed E-state index contributed by atoms with van der Waals surface area (Å²) in [6.07, 6.45) is 22.6. The first-order valence-corrected chi connectivity index (χ1v) is 12.3. The third kappa shape index (κ3) is 15.3. The molecule has 5 heteroatoms. The van der Waals surface area contributed by atoms with E-state index >= 15 is 0 Å². The van der Waals surface area contributed by atoms with Crippen LogP contribution in [0, 0.1) is 0 Å². The average Bonchev–Trinajstić information content (AvgIpc) is 2.77. The number of hydrogen-bond donors (Lipinski definition) is 2. The van der Waals surface area contributed by atoms with Gasteiger partial charge < -0.3 is 10.4 Å². The number of carbonyl (C=O) groups excluding carboxylic acids is 1. The van der Waals surface area contributed by atoms with Gasteiger partial charge >= 0.3 is 5.97 Å². The lowest BCUT2D eigenvalue weighted by Gasteiger charge is -2.05. The van der Waals surface area contributed by atoms with Gasteiger partial charge in [-0.1, -0.05) is 89.4 Å². The predicted octanol–water partition coefficient (Wildman–Crippen LogP) is 6.78. The molecule has 1 aromatic rings. The second kappa shape index (κ2) is 18.6. The van der Waals surface area contributed by atoms with Gasteiger partial charge in [-0.15, -0.1) is 0 Å². The van der Waals surface area contributed by atoms with E-state index in [1.54, 1.807) is 12.3 Å². The molecular formula is C26H42N2O3. The largest absolute Gasteiger partial charge is 0.481 e. The summed E-state index contributed by atoms with van der Waals surface area (Å²) >= 11 is 0. The maximum absolute atomic E-state index is 12.2. The number of aromatic nitrogens is 1. The van der Waals surface area contributed by atoms with Crippen molar-refractivity contribution in [2.75, 3.05) is 6.54 Å². The quantitative estimate of drug-likeness (QED) is 0.237. The standard InChI is InChI=1S/C26H42N2O3/c1-2-3-4-5-6-7-8-9-11-14-17-23-19-20-24(28-22-23)26(31)27-21-16-13-10-12-15-18-25(29)30/h14,17,19-20,22H,2-13,15-16,18,21H2,1H3,(H,27,31)(H,29,30)/b17-14+. The van der Waals surface area contributed by atoms with Crippen LogP contribution >= 0.6 is 0 Å². The molecule has 0 fully saturated rings. The van der Waals surface area contributed by atoms with E-state index in [1.807, 2.05) is 6.07 Å². The third-order valence-corrected chi connectivity index (χ3v) is 5.41. The summed E-state index contributed by atoms with van der Waals surface area (Å²) in [7, 11) is 0. The summed E-state index contributed by atoms with van der Waals surface area (Å²) < 4.78 is 0. The van der Waals surface area contributed by atoms with E-state index in [9.17, 15) is 9.59 Å². The fourth-order valence-corrected chi connectivity index (χ4v) is 3.48. The monoisotopic (exact) mass is 430 g/mol. The first-order valence-electron chi connectivity index (χ1n) is 12.3. The van der Waals surface area contributed by atoms with Crippen molar-refractivity contribution in [3.05, 3.63) is 35.7 Å². The summed E-state index contributed by atoms with van der Waals surface area (Å²) in [5.41, 5.74) is 1.47. The lowest BCUT2D eigenvalue weighted by molar-refractivity contribution is -0.137. The van der Waals surface area contributed by atoms with Crippen molar-refractivity contribution in [2.24, 2.45) is 0 Å². The van der Waals surface area contributed by atoms with Crippen LogP contribution in [0.2, 0.25) is 0 Å². The van der Waals surface area contributed by atoms with Crippen LogP contribution in [0.25, 0.3) is 6.08 Å². The number of unbranched alkanes of at least 4 members (excludes halogenated alkanes) is 12.